The number of benzene rings is 2. The number of anilines is 1. The van der Waals surface area contributed by atoms with Crippen LogP contribution in [0.1, 0.15) is 12.5 Å². The van der Waals surface area contributed by atoms with Crippen LogP contribution >= 0.6 is 11.8 Å². The van der Waals surface area contributed by atoms with Crippen LogP contribution in [-0.2, 0) is 14.3 Å². The summed E-state index contributed by atoms with van der Waals surface area (Å²) in [7, 11) is 0. The van der Waals surface area contributed by atoms with E-state index in [4.69, 9.17) is 4.74 Å². The van der Waals surface area contributed by atoms with Gasteiger partial charge < -0.3 is 10.1 Å². The number of halogens is 1. The molecule has 0 aliphatic rings. The zero-order valence-corrected chi connectivity index (χ0v) is 14.7. The Morgan fingerprint density at radius 3 is 2.56 bits per heavy atom. The van der Waals surface area contributed by atoms with Crippen molar-refractivity contribution in [1.82, 2.24) is 0 Å². The van der Waals surface area contributed by atoms with Gasteiger partial charge in [0.1, 0.15) is 5.82 Å². The fraction of sp³-hybridized carbons (Fsp3) is 0.158. The van der Waals surface area contributed by atoms with Gasteiger partial charge in [-0.15, -0.1) is 11.8 Å². The Kier molecular flexibility index (Phi) is 6.77. The minimum Gasteiger partial charge on any atom is -0.449 e. The summed E-state index contributed by atoms with van der Waals surface area (Å²) in [6, 6.07) is 13.2. The van der Waals surface area contributed by atoms with E-state index in [2.05, 4.69) is 5.32 Å². The van der Waals surface area contributed by atoms with E-state index in [-0.39, 0.29) is 0 Å². The average molecular weight is 359 g/mol. The summed E-state index contributed by atoms with van der Waals surface area (Å²) in [4.78, 5) is 24.9. The van der Waals surface area contributed by atoms with Crippen molar-refractivity contribution in [2.24, 2.45) is 0 Å². The van der Waals surface area contributed by atoms with E-state index in [1.54, 1.807) is 23.9 Å². The highest BCUT2D eigenvalue weighted by Gasteiger charge is 2.16. The van der Waals surface area contributed by atoms with Gasteiger partial charge in [-0.25, -0.2) is 9.18 Å². The summed E-state index contributed by atoms with van der Waals surface area (Å²) in [5.41, 5.74) is 1.16. The number of nitrogens with one attached hydrogen (secondary N) is 1. The molecule has 0 unspecified atom stereocenters. The highest BCUT2D eigenvalue weighted by molar-refractivity contribution is 7.98. The van der Waals surface area contributed by atoms with Gasteiger partial charge in [-0.05, 0) is 55.2 Å². The molecule has 0 fully saturated rings. The number of carbonyl (C=O) groups excluding carboxylic acids is 2. The number of hydrogen-bond acceptors (Lipinski definition) is 4. The SMILES string of the molecule is CSc1ccc(/C=C/C(=O)O[C@H](C)C(=O)Nc2cccc(F)c2)cc1. The lowest BCUT2D eigenvalue weighted by Crippen LogP contribution is -2.29. The van der Waals surface area contributed by atoms with Crippen LogP contribution in [-0.4, -0.2) is 24.2 Å². The third-order valence-corrected chi connectivity index (χ3v) is 4.03. The van der Waals surface area contributed by atoms with E-state index in [1.807, 2.05) is 30.5 Å². The van der Waals surface area contributed by atoms with E-state index < -0.39 is 23.8 Å². The van der Waals surface area contributed by atoms with Crippen LogP contribution in [0.25, 0.3) is 6.08 Å². The molecule has 0 radical (unpaired) electrons. The molecule has 1 amide bonds. The first kappa shape index (κ1) is 18.7. The summed E-state index contributed by atoms with van der Waals surface area (Å²) in [5.74, 6) is -1.62. The van der Waals surface area contributed by atoms with Gasteiger partial charge in [-0.3, -0.25) is 4.79 Å². The number of amides is 1. The average Bonchev–Trinajstić information content (AvgIpc) is 2.60. The lowest BCUT2D eigenvalue weighted by molar-refractivity contribution is -0.148. The van der Waals surface area contributed by atoms with Crippen molar-refractivity contribution < 1.29 is 18.7 Å². The Hall–Kier alpha value is -2.60. The van der Waals surface area contributed by atoms with Crippen LogP contribution in [0.2, 0.25) is 0 Å². The molecule has 2 aromatic rings. The van der Waals surface area contributed by atoms with Gasteiger partial charge in [-0.2, -0.15) is 0 Å². The number of thioether (sulfide) groups is 1. The molecule has 0 spiro atoms. The van der Waals surface area contributed by atoms with Crippen LogP contribution in [0.5, 0.6) is 0 Å². The number of rotatable bonds is 6. The van der Waals surface area contributed by atoms with Crippen molar-refractivity contribution >= 4 is 35.4 Å². The molecular weight excluding hydrogens is 341 g/mol. The Morgan fingerprint density at radius 2 is 1.92 bits per heavy atom. The van der Waals surface area contributed by atoms with Gasteiger partial charge in [0.15, 0.2) is 6.10 Å². The normalized spacial score (nSPS) is 12.0. The highest BCUT2D eigenvalue weighted by Crippen LogP contribution is 2.15. The Labute approximate surface area is 150 Å². The molecular formula is C19H18FNO3S. The summed E-state index contributed by atoms with van der Waals surface area (Å²) in [6.07, 6.45) is 3.86. The van der Waals surface area contributed by atoms with Crippen molar-refractivity contribution in [3.8, 4) is 0 Å². The molecule has 0 aliphatic heterocycles. The summed E-state index contributed by atoms with van der Waals surface area (Å²) < 4.78 is 18.1. The van der Waals surface area contributed by atoms with Crippen LogP contribution in [0, 0.1) is 5.82 Å². The quantitative estimate of drug-likeness (QED) is 0.479. The highest BCUT2D eigenvalue weighted by atomic mass is 32.2. The molecule has 0 saturated heterocycles. The Bertz CT molecular complexity index is 774. The van der Waals surface area contributed by atoms with Gasteiger partial charge in [0.25, 0.3) is 5.91 Å². The molecule has 130 valence electrons. The predicted molar refractivity (Wildman–Crippen MR) is 97.8 cm³/mol. The standard InChI is InChI=1S/C19H18FNO3S/c1-13(19(23)21-16-5-3-4-15(20)12-16)24-18(22)11-8-14-6-9-17(25-2)10-7-14/h3-13H,1-2H3,(H,21,23)/b11-8+/t13-/m1/s1. The van der Waals surface area contributed by atoms with E-state index in [1.165, 1.54) is 31.2 Å². The van der Waals surface area contributed by atoms with E-state index in [0.29, 0.717) is 5.69 Å². The second-order valence-electron chi connectivity index (χ2n) is 5.19. The maximum absolute atomic E-state index is 13.1. The molecule has 6 heteroatoms. The minimum atomic E-state index is -1.00. The van der Waals surface area contributed by atoms with Crippen molar-refractivity contribution in [2.75, 3.05) is 11.6 Å². The molecule has 2 rings (SSSR count). The van der Waals surface area contributed by atoms with Gasteiger partial charge in [0, 0.05) is 16.7 Å². The van der Waals surface area contributed by atoms with E-state index in [9.17, 15) is 14.0 Å². The molecule has 2 aromatic carbocycles. The summed E-state index contributed by atoms with van der Waals surface area (Å²) in [5, 5.41) is 2.49. The molecule has 4 nitrogen and oxygen atoms in total. The van der Waals surface area contributed by atoms with E-state index >= 15 is 0 Å². The second kappa shape index (κ2) is 9.03. The van der Waals surface area contributed by atoms with Crippen molar-refractivity contribution in [2.45, 2.75) is 17.9 Å². The van der Waals surface area contributed by atoms with Crippen molar-refractivity contribution in [3.63, 3.8) is 0 Å². The van der Waals surface area contributed by atoms with Crippen LogP contribution in [0.4, 0.5) is 10.1 Å². The number of esters is 1. The molecule has 0 aliphatic carbocycles. The zero-order valence-electron chi connectivity index (χ0n) is 13.9. The fourth-order valence-corrected chi connectivity index (χ4v) is 2.36. The van der Waals surface area contributed by atoms with Crippen molar-refractivity contribution in [1.29, 1.82) is 0 Å². The first-order valence-electron chi connectivity index (χ1n) is 7.57. The molecule has 0 saturated carbocycles. The maximum Gasteiger partial charge on any atom is 0.331 e. The Morgan fingerprint density at radius 1 is 1.20 bits per heavy atom. The third-order valence-electron chi connectivity index (χ3n) is 3.28. The number of ether oxygens (including phenoxy) is 1. The van der Waals surface area contributed by atoms with Gasteiger partial charge >= 0.3 is 5.97 Å². The van der Waals surface area contributed by atoms with E-state index in [0.717, 1.165) is 10.5 Å². The molecule has 0 aromatic heterocycles. The first-order valence-corrected chi connectivity index (χ1v) is 8.79. The van der Waals surface area contributed by atoms with Crippen LogP contribution in [0.3, 0.4) is 0 Å². The minimum absolute atomic E-state index is 0.303. The molecule has 0 bridgehead atoms. The number of carbonyl (C=O) groups is 2. The fourth-order valence-electron chi connectivity index (χ4n) is 1.96. The Balaban J connectivity index is 1.87. The zero-order chi connectivity index (χ0) is 18.2. The summed E-state index contributed by atoms with van der Waals surface area (Å²) >= 11 is 1.63. The molecule has 0 heterocycles. The lowest BCUT2D eigenvalue weighted by Gasteiger charge is -2.12. The van der Waals surface area contributed by atoms with Gasteiger partial charge in [0.05, 0.1) is 0 Å². The monoisotopic (exact) mass is 359 g/mol. The van der Waals surface area contributed by atoms with Crippen molar-refractivity contribution in [3.05, 3.63) is 66.0 Å². The van der Waals surface area contributed by atoms with Gasteiger partial charge in [-0.1, -0.05) is 18.2 Å². The topological polar surface area (TPSA) is 55.4 Å². The molecule has 25 heavy (non-hydrogen) atoms. The largest absolute Gasteiger partial charge is 0.449 e. The van der Waals surface area contributed by atoms with Crippen LogP contribution < -0.4 is 5.32 Å². The molecule has 1 atom stereocenters. The second-order valence-corrected chi connectivity index (χ2v) is 6.06. The first-order chi connectivity index (χ1) is 12.0. The predicted octanol–water partition coefficient (Wildman–Crippen LogP) is 4.13. The summed E-state index contributed by atoms with van der Waals surface area (Å²) in [6.45, 7) is 1.45. The lowest BCUT2D eigenvalue weighted by atomic mass is 10.2. The smallest absolute Gasteiger partial charge is 0.331 e. The number of hydrogen-bond donors (Lipinski definition) is 1. The van der Waals surface area contributed by atoms with Crippen LogP contribution in [0.15, 0.2) is 59.5 Å². The van der Waals surface area contributed by atoms with Gasteiger partial charge in [0.2, 0.25) is 0 Å². The maximum atomic E-state index is 13.1. The molecule has 1 N–H and O–H groups in total. The third kappa shape index (κ3) is 6.08.